The molecule has 0 aromatic heterocycles. The summed E-state index contributed by atoms with van der Waals surface area (Å²) in [5.74, 6) is 0.721. The van der Waals surface area contributed by atoms with Gasteiger partial charge in [-0.25, -0.2) is 0 Å². The molecule has 2 aliphatic heterocycles. The molecule has 1 saturated heterocycles. The summed E-state index contributed by atoms with van der Waals surface area (Å²) in [4.78, 5) is 14.8. The number of likely N-dealkylation sites (tertiary alicyclic amines) is 1. The maximum absolute atomic E-state index is 12.6. The lowest BCUT2D eigenvalue weighted by molar-refractivity contribution is -0.274. The van der Waals surface area contributed by atoms with Crippen LogP contribution in [0.15, 0.2) is 42.5 Å². The molecule has 2 aliphatic rings. The quantitative estimate of drug-likeness (QED) is 0.779. The highest BCUT2D eigenvalue weighted by atomic mass is 19.4. The summed E-state index contributed by atoms with van der Waals surface area (Å²) in [5, 5.41) is 2.88. The van der Waals surface area contributed by atoms with E-state index >= 15 is 0 Å². The van der Waals surface area contributed by atoms with Crippen molar-refractivity contribution in [3.05, 3.63) is 53.6 Å². The lowest BCUT2D eigenvalue weighted by Gasteiger charge is -2.28. The third-order valence-corrected chi connectivity index (χ3v) is 5.31. The number of likely N-dealkylation sites (N-methyl/N-ethyl adjacent to an activating group) is 1. The van der Waals surface area contributed by atoms with Crippen LogP contribution in [0.25, 0.3) is 0 Å². The normalized spacial score (nSPS) is 21.2. The van der Waals surface area contributed by atoms with Gasteiger partial charge < -0.3 is 24.4 Å². The van der Waals surface area contributed by atoms with E-state index in [4.69, 9.17) is 9.47 Å². The number of carbonyl (C=O) groups is 1. The Bertz CT molecular complexity index is 933. The molecule has 9 heteroatoms. The zero-order chi connectivity index (χ0) is 22.0. The second kappa shape index (κ2) is 8.66. The molecule has 0 saturated carbocycles. The predicted molar refractivity (Wildman–Crippen MR) is 107 cm³/mol. The summed E-state index contributed by atoms with van der Waals surface area (Å²) >= 11 is 0. The number of benzene rings is 2. The van der Waals surface area contributed by atoms with Crippen LogP contribution < -0.4 is 19.5 Å². The lowest BCUT2D eigenvalue weighted by atomic mass is 10.0. The van der Waals surface area contributed by atoms with Crippen LogP contribution in [0.4, 0.5) is 13.2 Å². The Labute approximate surface area is 177 Å². The Balaban J connectivity index is 1.40. The van der Waals surface area contributed by atoms with Gasteiger partial charge in [-0.3, -0.25) is 4.79 Å². The highest BCUT2D eigenvalue weighted by Gasteiger charge is 2.31. The second-order valence-electron chi connectivity index (χ2n) is 7.78. The van der Waals surface area contributed by atoms with Crippen LogP contribution in [0, 0.1) is 0 Å². The van der Waals surface area contributed by atoms with Crippen molar-refractivity contribution in [3.63, 3.8) is 0 Å². The van der Waals surface area contributed by atoms with Gasteiger partial charge in [-0.15, -0.1) is 13.2 Å². The fraction of sp³-hybridized carbons (Fsp3) is 0.409. The number of nitrogens with one attached hydrogen (secondary N) is 1. The Morgan fingerprint density at radius 3 is 2.65 bits per heavy atom. The molecule has 2 atom stereocenters. The summed E-state index contributed by atoms with van der Waals surface area (Å²) in [5.41, 5.74) is 1.14. The summed E-state index contributed by atoms with van der Waals surface area (Å²) in [6, 6.07) is 10.2. The van der Waals surface area contributed by atoms with Crippen LogP contribution in [0.3, 0.4) is 0 Å². The van der Waals surface area contributed by atoms with Crippen molar-refractivity contribution in [2.75, 3.05) is 26.7 Å². The first-order valence-electron chi connectivity index (χ1n) is 10.0. The first kappa shape index (κ1) is 21.3. The molecule has 31 heavy (non-hydrogen) atoms. The maximum atomic E-state index is 12.6. The second-order valence-corrected chi connectivity index (χ2v) is 7.78. The van der Waals surface area contributed by atoms with Crippen molar-refractivity contribution in [1.82, 2.24) is 10.2 Å². The molecule has 2 heterocycles. The van der Waals surface area contributed by atoms with Crippen molar-refractivity contribution in [2.24, 2.45) is 0 Å². The van der Waals surface area contributed by atoms with Crippen molar-refractivity contribution < 1.29 is 32.2 Å². The number of hydrogen-bond acceptors (Lipinski definition) is 5. The molecule has 0 radical (unpaired) electrons. The van der Waals surface area contributed by atoms with Gasteiger partial charge in [-0.2, -0.15) is 0 Å². The molecular weight excluding hydrogens is 413 g/mol. The first-order chi connectivity index (χ1) is 14.8. The molecule has 0 spiro atoms. The number of nitrogens with zero attached hydrogens (tertiary/aromatic N) is 1. The minimum Gasteiger partial charge on any atom is -0.491 e. The van der Waals surface area contributed by atoms with E-state index in [1.54, 1.807) is 0 Å². The predicted octanol–water partition coefficient (Wildman–Crippen LogP) is 3.40. The van der Waals surface area contributed by atoms with Crippen LogP contribution in [0.1, 0.15) is 22.3 Å². The van der Waals surface area contributed by atoms with Crippen LogP contribution in [0.5, 0.6) is 17.2 Å². The van der Waals surface area contributed by atoms with E-state index in [-0.39, 0.29) is 23.5 Å². The molecule has 4 rings (SSSR count). The van der Waals surface area contributed by atoms with E-state index in [1.165, 1.54) is 12.1 Å². The molecule has 6 nitrogen and oxygen atoms in total. The zero-order valence-electron chi connectivity index (χ0n) is 16.9. The zero-order valence-corrected chi connectivity index (χ0v) is 16.9. The molecule has 1 unspecified atom stereocenters. The smallest absolute Gasteiger partial charge is 0.491 e. The van der Waals surface area contributed by atoms with Crippen LogP contribution in [-0.2, 0) is 6.42 Å². The minimum atomic E-state index is -4.77. The molecule has 2 aromatic carbocycles. The molecule has 1 fully saturated rings. The van der Waals surface area contributed by atoms with Crippen molar-refractivity contribution >= 4 is 5.91 Å². The van der Waals surface area contributed by atoms with Crippen molar-refractivity contribution in [1.29, 1.82) is 0 Å². The molecule has 0 aliphatic carbocycles. The van der Waals surface area contributed by atoms with Crippen LogP contribution >= 0.6 is 0 Å². The number of hydrogen-bond donors (Lipinski definition) is 1. The van der Waals surface area contributed by atoms with E-state index in [9.17, 15) is 18.0 Å². The average Bonchev–Trinajstić information content (AvgIpc) is 3.12. The summed E-state index contributed by atoms with van der Waals surface area (Å²) in [6.07, 6.45) is -3.17. The third-order valence-electron chi connectivity index (χ3n) is 5.31. The van der Waals surface area contributed by atoms with E-state index in [0.717, 1.165) is 48.7 Å². The molecular formula is C22H23F3N2O4. The van der Waals surface area contributed by atoms with Gasteiger partial charge in [0, 0.05) is 30.6 Å². The number of ether oxygens (including phenoxy) is 3. The van der Waals surface area contributed by atoms with Gasteiger partial charge in [0.05, 0.1) is 6.04 Å². The Hall–Kier alpha value is -2.94. The highest BCUT2D eigenvalue weighted by Crippen LogP contribution is 2.34. The van der Waals surface area contributed by atoms with E-state index in [1.807, 2.05) is 18.2 Å². The Morgan fingerprint density at radius 2 is 1.97 bits per heavy atom. The van der Waals surface area contributed by atoms with E-state index in [2.05, 4.69) is 22.0 Å². The summed E-state index contributed by atoms with van der Waals surface area (Å²) < 4.78 is 52.7. The van der Waals surface area contributed by atoms with Crippen molar-refractivity contribution in [2.45, 2.75) is 31.3 Å². The van der Waals surface area contributed by atoms with Gasteiger partial charge in [-0.1, -0.05) is 6.07 Å². The molecule has 1 amide bonds. The van der Waals surface area contributed by atoms with E-state index in [0.29, 0.717) is 13.0 Å². The third kappa shape index (κ3) is 5.41. The number of alkyl halides is 3. The molecule has 0 bridgehead atoms. The van der Waals surface area contributed by atoms with Gasteiger partial charge in [0.2, 0.25) is 0 Å². The average molecular weight is 436 g/mol. The SMILES string of the molecule is CN1CC[C@H](Oc2cccc3c2CC(NC(=O)c2ccc(OC(F)(F)F)cc2)CO3)C1. The minimum absolute atomic E-state index is 0.115. The van der Waals surface area contributed by atoms with Crippen LogP contribution in [-0.4, -0.2) is 56.1 Å². The van der Waals surface area contributed by atoms with Gasteiger partial charge >= 0.3 is 6.36 Å². The standard InChI is InChI=1S/C22H23F3N2O4/c1-27-10-9-17(12-27)30-20-4-2-3-19-18(20)11-15(13-29-19)26-21(28)14-5-7-16(8-6-14)31-22(23,24)25/h2-8,15,17H,9-13H2,1H3,(H,26,28)/t15?,17-/m0/s1. The van der Waals surface area contributed by atoms with Crippen molar-refractivity contribution in [3.8, 4) is 17.2 Å². The first-order valence-corrected chi connectivity index (χ1v) is 10.0. The topological polar surface area (TPSA) is 60.0 Å². The van der Waals surface area contributed by atoms with Gasteiger partial charge in [0.25, 0.3) is 5.91 Å². The monoisotopic (exact) mass is 436 g/mol. The fourth-order valence-corrected chi connectivity index (χ4v) is 3.83. The highest BCUT2D eigenvalue weighted by molar-refractivity contribution is 5.94. The number of halogens is 3. The maximum Gasteiger partial charge on any atom is 0.573 e. The number of rotatable bonds is 5. The van der Waals surface area contributed by atoms with Gasteiger partial charge in [0.1, 0.15) is 30.0 Å². The van der Waals surface area contributed by atoms with Gasteiger partial charge in [0.15, 0.2) is 0 Å². The Morgan fingerprint density at radius 1 is 1.19 bits per heavy atom. The number of amides is 1. The lowest BCUT2D eigenvalue weighted by Crippen LogP contribution is -2.42. The fourth-order valence-electron chi connectivity index (χ4n) is 3.83. The summed E-state index contributed by atoms with van der Waals surface area (Å²) in [6.45, 7) is 2.14. The van der Waals surface area contributed by atoms with E-state index < -0.39 is 12.3 Å². The van der Waals surface area contributed by atoms with Gasteiger partial charge in [-0.05, 0) is 49.9 Å². The molecule has 1 N–H and O–H groups in total. The largest absolute Gasteiger partial charge is 0.573 e. The van der Waals surface area contributed by atoms with Crippen LogP contribution in [0.2, 0.25) is 0 Å². The number of carbonyl (C=O) groups excluding carboxylic acids is 1. The number of fused-ring (bicyclic) bond motifs is 1. The molecule has 2 aromatic rings. The molecule has 166 valence electrons. The summed E-state index contributed by atoms with van der Waals surface area (Å²) in [7, 11) is 2.06. The Kier molecular flexibility index (Phi) is 5.95.